The molecule has 0 bridgehead atoms. The van der Waals surface area contributed by atoms with Crippen LogP contribution in [0.2, 0.25) is 0 Å². The molecule has 8 nitrogen and oxygen atoms in total. The maximum absolute atomic E-state index is 12.2. The summed E-state index contributed by atoms with van der Waals surface area (Å²) >= 11 is 0. The van der Waals surface area contributed by atoms with E-state index in [0.29, 0.717) is 5.82 Å². The Balaban J connectivity index is 1.40. The Morgan fingerprint density at radius 1 is 1.21 bits per heavy atom. The highest BCUT2D eigenvalue weighted by molar-refractivity contribution is 5.40. The molecule has 0 aromatic carbocycles. The molecule has 0 spiro atoms. The van der Waals surface area contributed by atoms with E-state index in [2.05, 4.69) is 21.3 Å². The summed E-state index contributed by atoms with van der Waals surface area (Å²) in [6.07, 6.45) is 4.17. The van der Waals surface area contributed by atoms with Gasteiger partial charge >= 0.3 is 5.69 Å². The highest BCUT2D eigenvalue weighted by Gasteiger charge is 2.48. The van der Waals surface area contributed by atoms with Crippen LogP contribution in [0.4, 0.5) is 5.82 Å². The molecular weight excluding hydrogens is 356 g/mol. The van der Waals surface area contributed by atoms with Crippen LogP contribution in [0, 0.1) is 11.3 Å². The number of nitrogens with zero attached hydrogens (tertiary/aromatic N) is 5. The average Bonchev–Trinajstić information content (AvgIpc) is 3.14. The molecule has 4 rings (SSSR count). The molecule has 8 heteroatoms. The molecule has 2 aromatic heterocycles. The molecule has 1 saturated carbocycles. The van der Waals surface area contributed by atoms with Gasteiger partial charge in [0.2, 0.25) is 0 Å². The van der Waals surface area contributed by atoms with Gasteiger partial charge in [0.1, 0.15) is 11.2 Å². The van der Waals surface area contributed by atoms with Crippen molar-refractivity contribution in [2.75, 3.05) is 18.0 Å². The van der Waals surface area contributed by atoms with E-state index < -0.39 is 5.41 Å². The zero-order chi connectivity index (χ0) is 19.9. The molecule has 3 heterocycles. The van der Waals surface area contributed by atoms with Crippen molar-refractivity contribution in [1.82, 2.24) is 19.4 Å². The van der Waals surface area contributed by atoms with Gasteiger partial charge in [-0.2, -0.15) is 5.26 Å². The van der Waals surface area contributed by atoms with Gasteiger partial charge in [0, 0.05) is 51.5 Å². The molecule has 2 aromatic rings. The van der Waals surface area contributed by atoms with Gasteiger partial charge in [-0.05, 0) is 31.4 Å². The van der Waals surface area contributed by atoms with Crippen LogP contribution in [0.3, 0.4) is 0 Å². The van der Waals surface area contributed by atoms with Crippen molar-refractivity contribution in [3.63, 3.8) is 0 Å². The number of aromatic nitrogens is 3. The Labute approximate surface area is 163 Å². The van der Waals surface area contributed by atoms with E-state index in [0.717, 1.165) is 42.6 Å². The number of nitrogens with one attached hydrogen (secondary N) is 1. The van der Waals surface area contributed by atoms with Gasteiger partial charge in [-0.15, -0.1) is 0 Å². The van der Waals surface area contributed by atoms with Crippen LogP contribution in [0.5, 0.6) is 0 Å². The second-order valence-electron chi connectivity index (χ2n) is 7.85. The van der Waals surface area contributed by atoms with Crippen LogP contribution in [0.15, 0.2) is 40.1 Å². The second kappa shape index (κ2) is 6.91. The zero-order valence-corrected chi connectivity index (χ0v) is 16.1. The van der Waals surface area contributed by atoms with Crippen molar-refractivity contribution in [2.24, 2.45) is 14.1 Å². The lowest BCUT2D eigenvalue weighted by Crippen LogP contribution is -2.54. The number of anilines is 1. The summed E-state index contributed by atoms with van der Waals surface area (Å²) in [5.74, 6) is 0.658. The number of rotatable bonds is 4. The number of hydrogen-bond acceptors (Lipinski definition) is 6. The van der Waals surface area contributed by atoms with Gasteiger partial charge in [-0.25, -0.2) is 4.79 Å². The number of nitriles is 1. The fourth-order valence-electron chi connectivity index (χ4n) is 4.37. The number of hydrogen-bond donors (Lipinski definition) is 1. The van der Waals surface area contributed by atoms with Crippen molar-refractivity contribution in [2.45, 2.75) is 36.8 Å². The minimum absolute atomic E-state index is 0.268. The predicted molar refractivity (Wildman–Crippen MR) is 105 cm³/mol. The first-order valence-electron chi connectivity index (χ1n) is 9.54. The highest BCUT2D eigenvalue weighted by atomic mass is 16.2. The molecular formula is C20H24N6O2. The van der Waals surface area contributed by atoms with E-state index in [1.54, 1.807) is 13.2 Å². The molecule has 1 N–H and O–H groups in total. The lowest BCUT2D eigenvalue weighted by atomic mass is 9.64. The molecule has 1 atom stereocenters. The Kier molecular flexibility index (Phi) is 4.55. The third-order valence-corrected chi connectivity index (χ3v) is 6.04. The Hall–Kier alpha value is -2.92. The standard InChI is InChI=1S/C20H24N6O2/c1-24-17(9-18(27)25(2)19(24)28)26-8-6-14(12-26)23-15-10-20(11-15,13-21)16-5-3-4-7-22-16/h3-5,7,9,14-15,23H,6,8,10-12H2,1-2H3/t14-,15?,20?/m0/s1. The SMILES string of the molecule is Cn1c(N2CC[C@H](NC3CC(C#N)(c4ccccn4)C3)C2)cc(=O)n(C)c1=O. The predicted octanol–water partition coefficient (Wildman–Crippen LogP) is 0.271. The molecule has 2 aliphatic rings. The van der Waals surface area contributed by atoms with E-state index >= 15 is 0 Å². The van der Waals surface area contributed by atoms with Crippen LogP contribution in [-0.2, 0) is 19.5 Å². The Bertz CT molecular complexity index is 1030. The Morgan fingerprint density at radius 3 is 2.68 bits per heavy atom. The van der Waals surface area contributed by atoms with Gasteiger partial charge in [0.05, 0.1) is 11.8 Å². The normalized spacial score (nSPS) is 26.7. The molecule has 146 valence electrons. The molecule has 0 radical (unpaired) electrons. The first-order chi connectivity index (χ1) is 13.4. The van der Waals surface area contributed by atoms with Gasteiger partial charge in [0.15, 0.2) is 0 Å². The molecule has 0 unspecified atom stereocenters. The van der Waals surface area contributed by atoms with E-state index in [1.807, 2.05) is 18.2 Å². The van der Waals surface area contributed by atoms with Crippen molar-refractivity contribution >= 4 is 5.82 Å². The summed E-state index contributed by atoms with van der Waals surface area (Å²) in [5.41, 5.74) is -0.249. The van der Waals surface area contributed by atoms with E-state index in [1.165, 1.54) is 17.7 Å². The van der Waals surface area contributed by atoms with Crippen LogP contribution in [0.25, 0.3) is 0 Å². The van der Waals surface area contributed by atoms with Crippen LogP contribution < -0.4 is 21.5 Å². The molecule has 2 fully saturated rings. The summed E-state index contributed by atoms with van der Waals surface area (Å²) in [6, 6.07) is 10.2. The molecule has 28 heavy (non-hydrogen) atoms. The topological polar surface area (TPSA) is 95.9 Å². The van der Waals surface area contributed by atoms with Crippen LogP contribution >= 0.6 is 0 Å². The largest absolute Gasteiger partial charge is 0.356 e. The maximum Gasteiger partial charge on any atom is 0.332 e. The molecule has 1 aliphatic carbocycles. The quantitative estimate of drug-likeness (QED) is 0.818. The van der Waals surface area contributed by atoms with Crippen LogP contribution in [-0.4, -0.2) is 39.3 Å². The van der Waals surface area contributed by atoms with Crippen molar-refractivity contribution < 1.29 is 0 Å². The Morgan fingerprint density at radius 2 is 2.00 bits per heavy atom. The lowest BCUT2D eigenvalue weighted by molar-refractivity contribution is 0.208. The smallest absolute Gasteiger partial charge is 0.332 e. The van der Waals surface area contributed by atoms with E-state index in [4.69, 9.17) is 0 Å². The van der Waals surface area contributed by atoms with Gasteiger partial charge in [0.25, 0.3) is 5.56 Å². The third-order valence-electron chi connectivity index (χ3n) is 6.04. The molecule has 1 saturated heterocycles. The summed E-state index contributed by atoms with van der Waals surface area (Å²) in [4.78, 5) is 30.6. The maximum atomic E-state index is 12.2. The minimum Gasteiger partial charge on any atom is -0.356 e. The summed E-state index contributed by atoms with van der Waals surface area (Å²) in [6.45, 7) is 1.52. The lowest BCUT2D eigenvalue weighted by Gasteiger charge is -2.43. The summed E-state index contributed by atoms with van der Waals surface area (Å²) in [5, 5.41) is 13.3. The second-order valence-corrected chi connectivity index (χ2v) is 7.85. The van der Waals surface area contributed by atoms with Crippen molar-refractivity contribution in [3.05, 3.63) is 57.0 Å². The fraction of sp³-hybridized carbons (Fsp3) is 0.500. The zero-order valence-electron chi connectivity index (χ0n) is 16.1. The molecule has 1 aliphatic heterocycles. The molecule has 0 amide bonds. The summed E-state index contributed by atoms with van der Waals surface area (Å²) < 4.78 is 2.64. The van der Waals surface area contributed by atoms with Gasteiger partial charge < -0.3 is 10.2 Å². The van der Waals surface area contributed by atoms with E-state index in [9.17, 15) is 14.9 Å². The van der Waals surface area contributed by atoms with Crippen LogP contribution in [0.1, 0.15) is 25.0 Å². The first kappa shape index (κ1) is 18.4. The van der Waals surface area contributed by atoms with E-state index in [-0.39, 0.29) is 23.3 Å². The third kappa shape index (κ3) is 3.02. The average molecular weight is 380 g/mol. The monoisotopic (exact) mass is 380 g/mol. The fourth-order valence-corrected chi connectivity index (χ4v) is 4.37. The summed E-state index contributed by atoms with van der Waals surface area (Å²) in [7, 11) is 3.18. The number of pyridine rings is 1. The minimum atomic E-state index is -0.493. The van der Waals surface area contributed by atoms with Crippen molar-refractivity contribution in [3.8, 4) is 6.07 Å². The highest BCUT2D eigenvalue weighted by Crippen LogP contribution is 2.42. The van der Waals surface area contributed by atoms with Crippen molar-refractivity contribution in [1.29, 1.82) is 5.26 Å². The van der Waals surface area contributed by atoms with Gasteiger partial charge in [-0.3, -0.25) is 18.9 Å². The first-order valence-corrected chi connectivity index (χ1v) is 9.54. The van der Waals surface area contributed by atoms with Gasteiger partial charge in [-0.1, -0.05) is 6.07 Å².